The summed E-state index contributed by atoms with van der Waals surface area (Å²) in [7, 11) is 1.39. The molecule has 0 saturated heterocycles. The number of methoxy groups -OCH3 is 1. The third-order valence-electron chi connectivity index (χ3n) is 2.53. The average Bonchev–Trinajstić information content (AvgIpc) is 2.94. The summed E-state index contributed by atoms with van der Waals surface area (Å²) in [4.78, 5) is 16.6. The predicted molar refractivity (Wildman–Crippen MR) is 70.2 cm³/mol. The SMILES string of the molecule is COC(=O)C(NCc1ccccc1)c1cncs1. The van der Waals surface area contributed by atoms with Crippen molar-refractivity contribution in [3.05, 3.63) is 52.5 Å². The molecule has 0 saturated carbocycles. The first-order valence-corrected chi connectivity index (χ1v) is 6.42. The molecule has 0 spiro atoms. The van der Waals surface area contributed by atoms with E-state index in [1.165, 1.54) is 18.4 Å². The van der Waals surface area contributed by atoms with Gasteiger partial charge in [0.1, 0.15) is 6.04 Å². The van der Waals surface area contributed by atoms with Gasteiger partial charge >= 0.3 is 5.97 Å². The maximum absolute atomic E-state index is 11.7. The molecule has 5 heteroatoms. The Hall–Kier alpha value is -1.72. The zero-order valence-electron chi connectivity index (χ0n) is 10.00. The molecule has 0 radical (unpaired) electrons. The summed E-state index contributed by atoms with van der Waals surface area (Å²) >= 11 is 1.44. The van der Waals surface area contributed by atoms with Gasteiger partial charge in [-0.05, 0) is 5.56 Å². The summed E-state index contributed by atoms with van der Waals surface area (Å²) in [5, 5.41) is 3.18. The molecular formula is C13H14N2O2S. The predicted octanol–water partition coefficient (Wildman–Crippen LogP) is 2.15. The summed E-state index contributed by atoms with van der Waals surface area (Å²) in [6.45, 7) is 0.610. The topological polar surface area (TPSA) is 51.2 Å². The van der Waals surface area contributed by atoms with E-state index in [0.717, 1.165) is 10.4 Å². The number of rotatable bonds is 5. The number of aromatic nitrogens is 1. The molecule has 1 aromatic heterocycles. The number of carbonyl (C=O) groups is 1. The molecular weight excluding hydrogens is 248 g/mol. The summed E-state index contributed by atoms with van der Waals surface area (Å²) in [6.07, 6.45) is 1.68. The molecule has 0 amide bonds. The highest BCUT2D eigenvalue weighted by molar-refractivity contribution is 7.09. The number of benzene rings is 1. The highest BCUT2D eigenvalue weighted by Crippen LogP contribution is 2.19. The van der Waals surface area contributed by atoms with Crippen molar-refractivity contribution >= 4 is 17.3 Å². The van der Waals surface area contributed by atoms with E-state index in [-0.39, 0.29) is 5.97 Å². The standard InChI is InChI=1S/C13H14N2O2S/c1-17-13(16)12(11-8-14-9-18-11)15-7-10-5-3-2-4-6-10/h2-6,8-9,12,15H,7H2,1H3. The van der Waals surface area contributed by atoms with E-state index in [1.54, 1.807) is 11.7 Å². The molecule has 0 bridgehead atoms. The third-order valence-corrected chi connectivity index (χ3v) is 3.37. The van der Waals surface area contributed by atoms with Gasteiger partial charge in [0.15, 0.2) is 0 Å². The van der Waals surface area contributed by atoms with Gasteiger partial charge in [0, 0.05) is 12.7 Å². The molecule has 1 aromatic carbocycles. The Morgan fingerprint density at radius 2 is 2.22 bits per heavy atom. The van der Waals surface area contributed by atoms with Gasteiger partial charge in [-0.2, -0.15) is 0 Å². The molecule has 0 aliphatic heterocycles. The Bertz CT molecular complexity index is 485. The lowest BCUT2D eigenvalue weighted by molar-refractivity contribution is -0.143. The van der Waals surface area contributed by atoms with Crippen LogP contribution in [0.25, 0.3) is 0 Å². The molecule has 0 aliphatic carbocycles. The fourth-order valence-corrected chi connectivity index (χ4v) is 2.28. The van der Waals surface area contributed by atoms with Crippen molar-refractivity contribution in [2.45, 2.75) is 12.6 Å². The van der Waals surface area contributed by atoms with Crippen molar-refractivity contribution in [3.8, 4) is 0 Å². The van der Waals surface area contributed by atoms with Crippen molar-refractivity contribution in [3.63, 3.8) is 0 Å². The molecule has 1 N–H and O–H groups in total. The highest BCUT2D eigenvalue weighted by atomic mass is 32.1. The maximum atomic E-state index is 11.7. The molecule has 1 unspecified atom stereocenters. The minimum absolute atomic E-state index is 0.296. The summed E-state index contributed by atoms with van der Waals surface area (Å²) in [6, 6.07) is 9.46. The van der Waals surface area contributed by atoms with Crippen molar-refractivity contribution in [1.82, 2.24) is 10.3 Å². The molecule has 1 atom stereocenters. The van der Waals surface area contributed by atoms with Crippen LogP contribution in [0.2, 0.25) is 0 Å². The second-order valence-corrected chi connectivity index (χ2v) is 4.64. The molecule has 0 aliphatic rings. The number of nitrogens with zero attached hydrogens (tertiary/aromatic N) is 1. The minimum atomic E-state index is -0.456. The van der Waals surface area contributed by atoms with Gasteiger partial charge in [-0.1, -0.05) is 30.3 Å². The number of ether oxygens (including phenoxy) is 1. The van der Waals surface area contributed by atoms with Crippen LogP contribution in [0.1, 0.15) is 16.5 Å². The number of thiazole rings is 1. The van der Waals surface area contributed by atoms with E-state index < -0.39 is 6.04 Å². The van der Waals surface area contributed by atoms with Gasteiger partial charge < -0.3 is 4.74 Å². The lowest BCUT2D eigenvalue weighted by Crippen LogP contribution is -2.28. The van der Waals surface area contributed by atoms with Gasteiger partial charge in [0.05, 0.1) is 17.5 Å². The second-order valence-electron chi connectivity index (χ2n) is 3.73. The first kappa shape index (κ1) is 12.7. The van der Waals surface area contributed by atoms with Crippen LogP contribution >= 0.6 is 11.3 Å². The molecule has 94 valence electrons. The van der Waals surface area contributed by atoms with Crippen molar-refractivity contribution in [2.24, 2.45) is 0 Å². The molecule has 2 aromatic rings. The van der Waals surface area contributed by atoms with E-state index in [9.17, 15) is 4.79 Å². The number of hydrogen-bond donors (Lipinski definition) is 1. The van der Waals surface area contributed by atoms with E-state index in [2.05, 4.69) is 10.3 Å². The van der Waals surface area contributed by atoms with Crippen molar-refractivity contribution < 1.29 is 9.53 Å². The molecule has 0 fully saturated rings. The molecule has 18 heavy (non-hydrogen) atoms. The monoisotopic (exact) mass is 262 g/mol. The van der Waals surface area contributed by atoms with Gasteiger partial charge in [-0.3, -0.25) is 10.3 Å². The van der Waals surface area contributed by atoms with Crippen LogP contribution < -0.4 is 5.32 Å². The van der Waals surface area contributed by atoms with Gasteiger partial charge in [0.25, 0.3) is 0 Å². The molecule has 4 nitrogen and oxygen atoms in total. The van der Waals surface area contributed by atoms with E-state index in [4.69, 9.17) is 4.74 Å². The minimum Gasteiger partial charge on any atom is -0.468 e. The number of hydrogen-bond acceptors (Lipinski definition) is 5. The first-order valence-electron chi connectivity index (χ1n) is 5.55. The van der Waals surface area contributed by atoms with E-state index >= 15 is 0 Å². The highest BCUT2D eigenvalue weighted by Gasteiger charge is 2.22. The van der Waals surface area contributed by atoms with Crippen LogP contribution in [0.4, 0.5) is 0 Å². The summed E-state index contributed by atoms with van der Waals surface area (Å²) in [5.74, 6) is -0.296. The normalized spacial score (nSPS) is 12.1. The molecule has 2 rings (SSSR count). The Morgan fingerprint density at radius 1 is 1.44 bits per heavy atom. The second kappa shape index (κ2) is 6.28. The van der Waals surface area contributed by atoms with E-state index in [0.29, 0.717) is 6.54 Å². The number of esters is 1. The largest absolute Gasteiger partial charge is 0.468 e. The Labute approximate surface area is 110 Å². The van der Waals surface area contributed by atoms with Crippen molar-refractivity contribution in [2.75, 3.05) is 7.11 Å². The lowest BCUT2D eigenvalue weighted by atomic mass is 10.2. The van der Waals surface area contributed by atoms with E-state index in [1.807, 2.05) is 30.3 Å². The fraction of sp³-hybridized carbons (Fsp3) is 0.231. The Morgan fingerprint density at radius 3 is 2.83 bits per heavy atom. The maximum Gasteiger partial charge on any atom is 0.328 e. The Balaban J connectivity index is 2.05. The zero-order valence-corrected chi connectivity index (χ0v) is 10.8. The van der Waals surface area contributed by atoms with Gasteiger partial charge in [-0.15, -0.1) is 11.3 Å². The lowest BCUT2D eigenvalue weighted by Gasteiger charge is -2.14. The fourth-order valence-electron chi connectivity index (χ4n) is 1.60. The zero-order chi connectivity index (χ0) is 12.8. The van der Waals surface area contributed by atoms with Crippen LogP contribution in [0.3, 0.4) is 0 Å². The van der Waals surface area contributed by atoms with Crippen LogP contribution in [-0.2, 0) is 16.1 Å². The third kappa shape index (κ3) is 3.15. The van der Waals surface area contributed by atoms with Crippen LogP contribution in [-0.4, -0.2) is 18.1 Å². The summed E-state index contributed by atoms with van der Waals surface area (Å²) < 4.78 is 4.80. The number of nitrogens with one attached hydrogen (secondary N) is 1. The smallest absolute Gasteiger partial charge is 0.328 e. The summed E-state index contributed by atoms with van der Waals surface area (Å²) in [5.41, 5.74) is 2.83. The van der Waals surface area contributed by atoms with Gasteiger partial charge in [0.2, 0.25) is 0 Å². The van der Waals surface area contributed by atoms with Crippen molar-refractivity contribution in [1.29, 1.82) is 0 Å². The van der Waals surface area contributed by atoms with Crippen LogP contribution in [0, 0.1) is 0 Å². The quantitative estimate of drug-likeness (QED) is 0.839. The van der Waals surface area contributed by atoms with Crippen LogP contribution in [0.5, 0.6) is 0 Å². The Kier molecular flexibility index (Phi) is 4.44. The number of carbonyl (C=O) groups excluding carboxylic acids is 1. The first-order chi connectivity index (χ1) is 8.81. The van der Waals surface area contributed by atoms with Crippen LogP contribution in [0.15, 0.2) is 42.0 Å². The van der Waals surface area contributed by atoms with Gasteiger partial charge in [-0.25, -0.2) is 4.79 Å². The molecule has 1 heterocycles. The average molecular weight is 262 g/mol.